The molecule has 0 bridgehead atoms. The average Bonchev–Trinajstić information content (AvgIpc) is 2.61. The molecule has 2 aromatic carbocycles. The third kappa shape index (κ3) is 4.14. The lowest BCUT2D eigenvalue weighted by Crippen LogP contribution is -2.38. The van der Waals surface area contributed by atoms with Crippen molar-refractivity contribution in [3.05, 3.63) is 64.7 Å². The summed E-state index contributed by atoms with van der Waals surface area (Å²) in [5.41, 5.74) is 1.73. The van der Waals surface area contributed by atoms with Gasteiger partial charge in [0.05, 0.1) is 22.0 Å². The fourth-order valence-electron chi connectivity index (χ4n) is 2.79. The van der Waals surface area contributed by atoms with Crippen LogP contribution in [-0.2, 0) is 16.6 Å². The number of hydrogen-bond donors (Lipinski definition) is 1. The molecular formula is C18H19ClN2O3S. The summed E-state index contributed by atoms with van der Waals surface area (Å²) in [4.78, 5) is 12.5. The Labute approximate surface area is 152 Å². The molecule has 0 radical (unpaired) electrons. The van der Waals surface area contributed by atoms with Gasteiger partial charge in [-0.1, -0.05) is 41.9 Å². The summed E-state index contributed by atoms with van der Waals surface area (Å²) in [5.74, 6) is -0.198. The Kier molecular flexibility index (Phi) is 5.30. The van der Waals surface area contributed by atoms with Crippen molar-refractivity contribution >= 4 is 33.2 Å². The van der Waals surface area contributed by atoms with Crippen molar-refractivity contribution in [1.29, 1.82) is 0 Å². The molecule has 7 heteroatoms. The Morgan fingerprint density at radius 3 is 2.60 bits per heavy atom. The summed E-state index contributed by atoms with van der Waals surface area (Å²) in [7, 11) is -3.33. The lowest BCUT2D eigenvalue weighted by atomic mass is 10.1. The lowest BCUT2D eigenvalue weighted by molar-refractivity contribution is 0.0951. The predicted octanol–water partition coefficient (Wildman–Crippen LogP) is 3.20. The molecular weight excluding hydrogens is 360 g/mol. The van der Waals surface area contributed by atoms with Crippen LogP contribution in [0.1, 0.15) is 28.8 Å². The van der Waals surface area contributed by atoms with Crippen molar-refractivity contribution < 1.29 is 13.2 Å². The van der Waals surface area contributed by atoms with E-state index < -0.39 is 10.0 Å². The number of carbonyl (C=O) groups excluding carboxylic acids is 1. The Balaban J connectivity index is 1.80. The molecule has 5 nitrogen and oxygen atoms in total. The first-order chi connectivity index (χ1) is 12.0. The summed E-state index contributed by atoms with van der Waals surface area (Å²) >= 11 is 6.15. The van der Waals surface area contributed by atoms with Crippen molar-refractivity contribution in [2.75, 3.05) is 16.6 Å². The van der Waals surface area contributed by atoms with Crippen LogP contribution in [0.15, 0.2) is 48.5 Å². The highest BCUT2D eigenvalue weighted by molar-refractivity contribution is 7.92. The minimum Gasteiger partial charge on any atom is -0.348 e. The zero-order valence-corrected chi connectivity index (χ0v) is 15.2. The molecule has 1 N–H and O–H groups in total. The molecule has 1 fully saturated rings. The predicted molar refractivity (Wildman–Crippen MR) is 99.4 cm³/mol. The van der Waals surface area contributed by atoms with E-state index in [9.17, 15) is 13.2 Å². The fourth-order valence-corrected chi connectivity index (χ4v) is 4.63. The smallest absolute Gasteiger partial charge is 0.253 e. The summed E-state index contributed by atoms with van der Waals surface area (Å²) in [6, 6.07) is 14.3. The Morgan fingerprint density at radius 2 is 1.88 bits per heavy atom. The molecule has 1 saturated heterocycles. The number of anilines is 1. The number of hydrogen-bond acceptors (Lipinski definition) is 3. The SMILES string of the molecule is O=C(NCc1ccccc1)c1cc(N2CCCCS2(=O)=O)ccc1Cl. The van der Waals surface area contributed by atoms with Crippen LogP contribution in [0.25, 0.3) is 0 Å². The second-order valence-corrected chi connectivity index (χ2v) is 8.35. The van der Waals surface area contributed by atoms with Crippen molar-refractivity contribution in [1.82, 2.24) is 5.32 Å². The third-order valence-electron chi connectivity index (χ3n) is 4.13. The van der Waals surface area contributed by atoms with E-state index in [4.69, 9.17) is 11.6 Å². The quantitative estimate of drug-likeness (QED) is 0.888. The third-order valence-corrected chi connectivity index (χ3v) is 6.33. The lowest BCUT2D eigenvalue weighted by Gasteiger charge is -2.28. The largest absolute Gasteiger partial charge is 0.348 e. The number of carbonyl (C=O) groups is 1. The van der Waals surface area contributed by atoms with E-state index in [1.54, 1.807) is 18.2 Å². The van der Waals surface area contributed by atoms with Crippen molar-refractivity contribution in [3.8, 4) is 0 Å². The van der Waals surface area contributed by atoms with E-state index in [1.165, 1.54) is 4.31 Å². The average molecular weight is 379 g/mol. The minimum absolute atomic E-state index is 0.130. The molecule has 1 heterocycles. The van der Waals surface area contributed by atoms with Gasteiger partial charge in [0, 0.05) is 13.1 Å². The maximum Gasteiger partial charge on any atom is 0.253 e. The molecule has 0 spiro atoms. The number of nitrogens with zero attached hydrogens (tertiary/aromatic N) is 1. The van der Waals surface area contributed by atoms with Crippen molar-refractivity contribution in [3.63, 3.8) is 0 Å². The van der Waals surface area contributed by atoms with E-state index in [1.807, 2.05) is 30.3 Å². The van der Waals surface area contributed by atoms with Gasteiger partial charge in [-0.2, -0.15) is 0 Å². The first-order valence-corrected chi connectivity index (χ1v) is 10.1. The first kappa shape index (κ1) is 17.8. The zero-order chi connectivity index (χ0) is 17.9. The maximum atomic E-state index is 12.5. The van der Waals surface area contributed by atoms with E-state index in [0.717, 1.165) is 12.0 Å². The number of amides is 1. The number of benzene rings is 2. The minimum atomic E-state index is -3.33. The number of halogens is 1. The normalized spacial score (nSPS) is 16.4. The van der Waals surface area contributed by atoms with E-state index >= 15 is 0 Å². The molecule has 25 heavy (non-hydrogen) atoms. The second-order valence-electron chi connectivity index (χ2n) is 5.93. The molecule has 0 unspecified atom stereocenters. The van der Waals surface area contributed by atoms with Gasteiger partial charge in [0.15, 0.2) is 0 Å². The summed E-state index contributed by atoms with van der Waals surface area (Å²) in [6.45, 7) is 0.803. The van der Waals surface area contributed by atoms with Gasteiger partial charge in [-0.3, -0.25) is 9.10 Å². The zero-order valence-electron chi connectivity index (χ0n) is 13.6. The molecule has 0 saturated carbocycles. The van der Waals surface area contributed by atoms with Gasteiger partial charge in [0.1, 0.15) is 0 Å². The van der Waals surface area contributed by atoms with Crippen LogP contribution in [0, 0.1) is 0 Å². The van der Waals surface area contributed by atoms with Gasteiger partial charge in [-0.05, 0) is 36.6 Å². The molecule has 3 rings (SSSR count). The molecule has 132 valence electrons. The van der Waals surface area contributed by atoms with Gasteiger partial charge in [0.25, 0.3) is 5.91 Å². The van der Waals surface area contributed by atoms with Crippen LogP contribution in [0.3, 0.4) is 0 Å². The van der Waals surface area contributed by atoms with Gasteiger partial charge in [0.2, 0.25) is 10.0 Å². The van der Waals surface area contributed by atoms with E-state index in [-0.39, 0.29) is 17.2 Å². The van der Waals surface area contributed by atoms with Gasteiger partial charge < -0.3 is 5.32 Å². The van der Waals surface area contributed by atoms with Crippen LogP contribution in [0.4, 0.5) is 5.69 Å². The summed E-state index contributed by atoms with van der Waals surface area (Å²) < 4.78 is 25.9. The van der Waals surface area contributed by atoms with Gasteiger partial charge in [-0.15, -0.1) is 0 Å². The van der Waals surface area contributed by atoms with Crippen molar-refractivity contribution in [2.45, 2.75) is 19.4 Å². The molecule has 0 aliphatic carbocycles. The first-order valence-electron chi connectivity index (χ1n) is 8.09. The second kappa shape index (κ2) is 7.45. The van der Waals surface area contributed by atoms with Crippen molar-refractivity contribution in [2.24, 2.45) is 0 Å². The van der Waals surface area contributed by atoms with Gasteiger partial charge in [-0.25, -0.2) is 8.42 Å². The molecule has 0 aromatic heterocycles. The monoisotopic (exact) mass is 378 g/mol. The molecule has 1 aliphatic rings. The van der Waals surface area contributed by atoms with Crippen LogP contribution in [-0.4, -0.2) is 26.6 Å². The van der Waals surface area contributed by atoms with Crippen LogP contribution < -0.4 is 9.62 Å². The molecule has 1 aliphatic heterocycles. The number of sulfonamides is 1. The number of rotatable bonds is 4. The maximum absolute atomic E-state index is 12.5. The fraction of sp³-hybridized carbons (Fsp3) is 0.278. The highest BCUT2D eigenvalue weighted by Crippen LogP contribution is 2.28. The van der Waals surface area contributed by atoms with Gasteiger partial charge >= 0.3 is 0 Å². The standard InChI is InChI=1S/C18H19ClN2O3S/c19-17-9-8-15(21-10-4-5-11-25(21,23)24)12-16(17)18(22)20-13-14-6-2-1-3-7-14/h1-3,6-9,12H,4-5,10-11,13H2,(H,20,22). The van der Waals surface area contributed by atoms with Crippen LogP contribution in [0.2, 0.25) is 5.02 Å². The summed E-state index contributed by atoms with van der Waals surface area (Å²) in [5, 5.41) is 3.11. The molecule has 2 aromatic rings. The van der Waals surface area contributed by atoms with E-state index in [2.05, 4.69) is 5.32 Å². The highest BCUT2D eigenvalue weighted by Gasteiger charge is 2.27. The Bertz CT molecular complexity index is 869. The summed E-state index contributed by atoms with van der Waals surface area (Å²) in [6.07, 6.45) is 1.47. The topological polar surface area (TPSA) is 66.5 Å². The molecule has 1 amide bonds. The Morgan fingerprint density at radius 1 is 1.12 bits per heavy atom. The highest BCUT2D eigenvalue weighted by atomic mass is 35.5. The van der Waals surface area contributed by atoms with Crippen LogP contribution in [0.5, 0.6) is 0 Å². The number of nitrogens with one attached hydrogen (secondary N) is 1. The van der Waals surface area contributed by atoms with E-state index in [0.29, 0.717) is 30.2 Å². The van der Waals surface area contributed by atoms with Crippen LogP contribution >= 0.6 is 11.6 Å². The Hall–Kier alpha value is -2.05. The molecule has 0 atom stereocenters.